The largest absolute Gasteiger partial charge is 2.00 e. The maximum Gasteiger partial charge on any atom is 2.00 e. The van der Waals surface area contributed by atoms with Gasteiger partial charge >= 0.3 is 33.0 Å². The molecule has 0 heterocycles. The van der Waals surface area contributed by atoms with Crippen LogP contribution >= 0.6 is 0 Å². The number of hydrogen-bond acceptors (Lipinski definition) is 2. The van der Waals surface area contributed by atoms with Crippen molar-refractivity contribution in [3.05, 3.63) is 11.5 Å². The van der Waals surface area contributed by atoms with E-state index in [1.54, 1.807) is 0 Å². The van der Waals surface area contributed by atoms with Gasteiger partial charge in [0.25, 0.3) is 0 Å². The van der Waals surface area contributed by atoms with Crippen molar-refractivity contribution in [1.29, 1.82) is 0 Å². The first-order chi connectivity index (χ1) is 6.45. The molecule has 0 radical (unpaired) electrons. The Hall–Kier alpha value is -0.532. The molecular weight excluding hydrogens is 415 g/mol. The number of carboxylic acids is 2. The smallest absolute Gasteiger partial charge is 0.676 e. The second-order valence-electron chi connectivity index (χ2n) is 3.11. The van der Waals surface area contributed by atoms with Gasteiger partial charge in [-0.1, -0.05) is 25.7 Å². The van der Waals surface area contributed by atoms with Crippen molar-refractivity contribution in [1.82, 2.24) is 0 Å². The van der Waals surface area contributed by atoms with Gasteiger partial charge in [-0.25, -0.2) is 9.59 Å². The van der Waals surface area contributed by atoms with Crippen LogP contribution in [0.3, 0.4) is 0 Å². The van der Waals surface area contributed by atoms with Gasteiger partial charge in [0, 0.05) is 0 Å². The molecule has 1 aliphatic rings. The fraction of sp³-hybridized carbons (Fsp3) is 0.750. The third-order valence-corrected chi connectivity index (χ3v) is 1.95. The SMILES string of the molecule is O.O.O=C(O)C(=O)O.[NH-][C@@H]1CCCC[C@H]1[NH-].[Pt+2]. The molecule has 106 valence electrons. The summed E-state index contributed by atoms with van der Waals surface area (Å²) in [6, 6.07) is -0.160. The van der Waals surface area contributed by atoms with E-state index in [-0.39, 0.29) is 44.1 Å². The van der Waals surface area contributed by atoms with Crippen molar-refractivity contribution >= 4 is 11.9 Å². The first-order valence-electron chi connectivity index (χ1n) is 4.33. The van der Waals surface area contributed by atoms with E-state index in [1.165, 1.54) is 12.8 Å². The maximum atomic E-state index is 9.10. The fourth-order valence-electron chi connectivity index (χ4n) is 1.13. The average molecular weight is 433 g/mol. The van der Waals surface area contributed by atoms with E-state index in [0.29, 0.717) is 0 Å². The molecule has 2 atom stereocenters. The van der Waals surface area contributed by atoms with Gasteiger partial charge < -0.3 is 32.6 Å². The summed E-state index contributed by atoms with van der Waals surface area (Å²) >= 11 is 0. The van der Waals surface area contributed by atoms with E-state index in [0.717, 1.165) is 12.8 Å². The molecule has 8 N–H and O–H groups in total. The minimum Gasteiger partial charge on any atom is -0.676 e. The third-order valence-electron chi connectivity index (χ3n) is 1.95. The molecule has 1 rings (SSSR count). The minimum atomic E-state index is -1.82. The summed E-state index contributed by atoms with van der Waals surface area (Å²) in [5.41, 5.74) is 14.6. The van der Waals surface area contributed by atoms with Crippen LogP contribution in [-0.4, -0.2) is 45.2 Å². The zero-order valence-electron chi connectivity index (χ0n) is 9.01. The third kappa shape index (κ3) is 13.4. The molecule has 1 saturated carbocycles. The van der Waals surface area contributed by atoms with Crippen molar-refractivity contribution in [2.75, 3.05) is 0 Å². The van der Waals surface area contributed by atoms with Crippen molar-refractivity contribution in [2.24, 2.45) is 0 Å². The van der Waals surface area contributed by atoms with Gasteiger partial charge in [0.15, 0.2) is 0 Å². The topological polar surface area (TPSA) is 185 Å². The first-order valence-corrected chi connectivity index (χ1v) is 4.33. The molecule has 1 fully saturated rings. The number of hydrogen-bond donors (Lipinski definition) is 2. The summed E-state index contributed by atoms with van der Waals surface area (Å²) in [6.45, 7) is 0. The second kappa shape index (κ2) is 13.5. The number of aliphatic carboxylic acids is 2. The molecule has 8 nitrogen and oxygen atoms in total. The summed E-state index contributed by atoms with van der Waals surface area (Å²) in [6.07, 6.45) is 4.25. The van der Waals surface area contributed by atoms with Crippen LogP contribution in [0.4, 0.5) is 0 Å². The van der Waals surface area contributed by atoms with Crippen LogP contribution in [0.2, 0.25) is 0 Å². The number of rotatable bonds is 0. The van der Waals surface area contributed by atoms with Crippen LogP contribution in [0.1, 0.15) is 25.7 Å². The zero-order valence-corrected chi connectivity index (χ0v) is 11.3. The molecule has 0 amide bonds. The van der Waals surface area contributed by atoms with E-state index in [9.17, 15) is 0 Å². The molecular formula is C8H18N2O6Pt. The fourth-order valence-corrected chi connectivity index (χ4v) is 1.13. The molecule has 0 aromatic carbocycles. The monoisotopic (exact) mass is 433 g/mol. The van der Waals surface area contributed by atoms with Crippen LogP contribution in [0, 0.1) is 0 Å². The predicted molar refractivity (Wildman–Crippen MR) is 57.2 cm³/mol. The van der Waals surface area contributed by atoms with E-state index in [2.05, 4.69) is 0 Å². The van der Waals surface area contributed by atoms with Gasteiger partial charge in [-0.3, -0.25) is 0 Å². The Balaban J connectivity index is -0.0000000873. The van der Waals surface area contributed by atoms with E-state index >= 15 is 0 Å². The summed E-state index contributed by atoms with van der Waals surface area (Å²) in [5.74, 6) is -3.65. The van der Waals surface area contributed by atoms with Crippen LogP contribution in [0.15, 0.2) is 0 Å². The average Bonchev–Trinajstić information content (AvgIpc) is 2.11. The molecule has 0 unspecified atom stereocenters. The molecule has 1 aliphatic carbocycles. The summed E-state index contributed by atoms with van der Waals surface area (Å²) in [7, 11) is 0. The number of nitrogens with one attached hydrogen (secondary N) is 2. The van der Waals surface area contributed by atoms with Gasteiger partial charge in [-0.2, -0.15) is 12.1 Å². The van der Waals surface area contributed by atoms with Gasteiger partial charge in [-0.05, 0) is 0 Å². The van der Waals surface area contributed by atoms with E-state index in [1.807, 2.05) is 0 Å². The second-order valence-corrected chi connectivity index (χ2v) is 3.11. The maximum absolute atomic E-state index is 9.10. The molecule has 0 bridgehead atoms. The van der Waals surface area contributed by atoms with Gasteiger partial charge in [0.1, 0.15) is 0 Å². The van der Waals surface area contributed by atoms with Crippen LogP contribution in [0.5, 0.6) is 0 Å². The summed E-state index contributed by atoms with van der Waals surface area (Å²) in [4.78, 5) is 18.2. The van der Waals surface area contributed by atoms with Gasteiger partial charge in [0.2, 0.25) is 0 Å². The molecule has 0 aromatic rings. The predicted octanol–water partition coefficient (Wildman–Crippen LogP) is -0.0943. The Morgan fingerprint density at radius 1 is 0.882 bits per heavy atom. The Morgan fingerprint density at radius 3 is 1.24 bits per heavy atom. The number of carboxylic acid groups (broad SMARTS) is 2. The molecule has 0 aromatic heterocycles. The first kappa shape index (κ1) is 25.3. The molecule has 0 spiro atoms. The Bertz CT molecular complexity index is 194. The molecule has 0 saturated heterocycles. The van der Waals surface area contributed by atoms with E-state index in [4.69, 9.17) is 31.3 Å². The Labute approximate surface area is 113 Å². The van der Waals surface area contributed by atoms with Crippen LogP contribution < -0.4 is 0 Å². The minimum absolute atomic E-state index is 0. The normalized spacial score (nSPS) is 21.3. The molecule has 9 heteroatoms. The van der Waals surface area contributed by atoms with E-state index < -0.39 is 11.9 Å². The van der Waals surface area contributed by atoms with Crippen molar-refractivity contribution < 1.29 is 51.8 Å². The number of carbonyl (C=O) groups is 2. The quantitative estimate of drug-likeness (QED) is 0.506. The Kier molecular flexibility index (Phi) is 20.2. The van der Waals surface area contributed by atoms with Crippen molar-refractivity contribution in [2.45, 2.75) is 37.8 Å². The van der Waals surface area contributed by atoms with Crippen LogP contribution in [-0.2, 0) is 30.7 Å². The zero-order chi connectivity index (χ0) is 11.1. The summed E-state index contributed by atoms with van der Waals surface area (Å²) in [5, 5.41) is 14.8. The van der Waals surface area contributed by atoms with Gasteiger partial charge in [0.05, 0.1) is 0 Å². The van der Waals surface area contributed by atoms with Gasteiger partial charge in [-0.15, -0.1) is 0 Å². The molecule has 0 aliphatic heterocycles. The van der Waals surface area contributed by atoms with Crippen molar-refractivity contribution in [3.63, 3.8) is 0 Å². The van der Waals surface area contributed by atoms with Crippen molar-refractivity contribution in [3.8, 4) is 0 Å². The summed E-state index contributed by atoms with van der Waals surface area (Å²) < 4.78 is 0. The molecule has 17 heavy (non-hydrogen) atoms. The Morgan fingerprint density at radius 2 is 1.12 bits per heavy atom. The van der Waals surface area contributed by atoms with Crippen LogP contribution in [0.25, 0.3) is 11.5 Å². The standard InChI is InChI=1S/C6H12N2.C2H2O4.2H2O.Pt/c7-5-3-1-2-4-6(5)8;3-1(4)2(5)6;;;/h5-8H,1-4H2;(H,3,4)(H,5,6);2*1H2;/q-2;;;;+2/t5-,6-;;;;/m1..../s1.